The van der Waals surface area contributed by atoms with Crippen molar-refractivity contribution < 1.29 is 0 Å². The molecule has 1 heterocycles. The lowest BCUT2D eigenvalue weighted by Gasteiger charge is -2.40. The van der Waals surface area contributed by atoms with Crippen LogP contribution >= 0.6 is 23.2 Å². The Balaban J connectivity index is 1.84. The molecule has 0 atom stereocenters. The standard InChI is InChI=1S/C16H16Cl2N2/c17-13-6-4-12(5-7-13)11-20(16-9-19-10-16)15-3-1-2-14(18)8-15/h1-8,16,19H,9-11H2. The summed E-state index contributed by atoms with van der Waals surface area (Å²) in [6.07, 6.45) is 0. The molecule has 0 amide bonds. The van der Waals surface area contributed by atoms with E-state index in [-0.39, 0.29) is 0 Å². The lowest BCUT2D eigenvalue weighted by Crippen LogP contribution is -2.57. The van der Waals surface area contributed by atoms with E-state index in [1.807, 2.05) is 30.3 Å². The third-order valence-corrected chi connectivity index (χ3v) is 4.09. The van der Waals surface area contributed by atoms with Crippen LogP contribution in [0.3, 0.4) is 0 Å². The fourth-order valence-electron chi connectivity index (χ4n) is 2.37. The third-order valence-electron chi connectivity index (χ3n) is 3.61. The minimum absolute atomic E-state index is 0.518. The zero-order chi connectivity index (χ0) is 13.9. The van der Waals surface area contributed by atoms with Gasteiger partial charge >= 0.3 is 0 Å². The minimum atomic E-state index is 0.518. The number of hydrogen-bond acceptors (Lipinski definition) is 2. The fraction of sp³-hybridized carbons (Fsp3) is 0.250. The smallest absolute Gasteiger partial charge is 0.0542 e. The maximum atomic E-state index is 6.12. The maximum Gasteiger partial charge on any atom is 0.0542 e. The van der Waals surface area contributed by atoms with Gasteiger partial charge in [-0.15, -0.1) is 0 Å². The summed E-state index contributed by atoms with van der Waals surface area (Å²) in [5, 5.41) is 4.87. The molecular weight excluding hydrogens is 291 g/mol. The van der Waals surface area contributed by atoms with Gasteiger partial charge in [-0.25, -0.2) is 0 Å². The van der Waals surface area contributed by atoms with Gasteiger partial charge in [0.2, 0.25) is 0 Å². The van der Waals surface area contributed by atoms with E-state index >= 15 is 0 Å². The van der Waals surface area contributed by atoms with Crippen LogP contribution in [-0.4, -0.2) is 19.1 Å². The first-order chi connectivity index (χ1) is 9.72. The fourth-order valence-corrected chi connectivity index (χ4v) is 2.68. The van der Waals surface area contributed by atoms with Crippen LogP contribution in [0.4, 0.5) is 5.69 Å². The van der Waals surface area contributed by atoms with Gasteiger partial charge in [0.15, 0.2) is 0 Å². The van der Waals surface area contributed by atoms with Gasteiger partial charge in [-0.3, -0.25) is 0 Å². The van der Waals surface area contributed by atoms with E-state index < -0.39 is 0 Å². The van der Waals surface area contributed by atoms with Gasteiger partial charge in [-0.2, -0.15) is 0 Å². The molecule has 3 rings (SSSR count). The molecule has 0 bridgehead atoms. The second-order valence-electron chi connectivity index (χ2n) is 5.05. The Morgan fingerprint density at radius 2 is 1.75 bits per heavy atom. The third kappa shape index (κ3) is 3.09. The molecular formula is C16H16Cl2N2. The van der Waals surface area contributed by atoms with Crippen LogP contribution < -0.4 is 10.2 Å². The van der Waals surface area contributed by atoms with Crippen molar-refractivity contribution in [2.24, 2.45) is 0 Å². The van der Waals surface area contributed by atoms with Crippen LogP contribution in [0.2, 0.25) is 10.0 Å². The summed E-state index contributed by atoms with van der Waals surface area (Å²) < 4.78 is 0. The topological polar surface area (TPSA) is 15.3 Å². The second kappa shape index (κ2) is 6.04. The molecule has 2 aromatic carbocycles. The largest absolute Gasteiger partial charge is 0.362 e. The lowest BCUT2D eigenvalue weighted by molar-refractivity contribution is 0.411. The monoisotopic (exact) mass is 306 g/mol. The Kier molecular flexibility index (Phi) is 4.16. The van der Waals surface area contributed by atoms with E-state index in [2.05, 4.69) is 28.4 Å². The Labute approximate surface area is 129 Å². The molecule has 104 valence electrons. The molecule has 2 nitrogen and oxygen atoms in total. The first-order valence-electron chi connectivity index (χ1n) is 6.70. The molecule has 1 saturated heterocycles. The van der Waals surface area contributed by atoms with E-state index in [0.29, 0.717) is 6.04 Å². The molecule has 0 spiro atoms. The Bertz CT molecular complexity index is 579. The number of nitrogens with zero attached hydrogens (tertiary/aromatic N) is 1. The SMILES string of the molecule is Clc1ccc(CN(c2cccc(Cl)c2)C2CNC2)cc1. The van der Waals surface area contributed by atoms with Gasteiger partial charge in [0.05, 0.1) is 6.04 Å². The Hall–Kier alpha value is -1.22. The molecule has 1 aliphatic heterocycles. The molecule has 20 heavy (non-hydrogen) atoms. The van der Waals surface area contributed by atoms with Crippen LogP contribution in [0, 0.1) is 0 Å². The van der Waals surface area contributed by atoms with Crippen LogP contribution in [0.5, 0.6) is 0 Å². The number of nitrogens with one attached hydrogen (secondary N) is 1. The summed E-state index contributed by atoms with van der Waals surface area (Å²) >= 11 is 12.1. The van der Waals surface area contributed by atoms with Crippen molar-refractivity contribution in [2.75, 3.05) is 18.0 Å². The Morgan fingerprint density at radius 1 is 1.00 bits per heavy atom. The van der Waals surface area contributed by atoms with Crippen molar-refractivity contribution in [2.45, 2.75) is 12.6 Å². The van der Waals surface area contributed by atoms with Crippen LogP contribution in [0.25, 0.3) is 0 Å². The van der Waals surface area contributed by atoms with Crippen LogP contribution in [0.15, 0.2) is 48.5 Å². The molecule has 0 unspecified atom stereocenters. The van der Waals surface area contributed by atoms with Gasteiger partial charge in [0, 0.05) is 35.4 Å². The predicted molar refractivity (Wildman–Crippen MR) is 85.7 cm³/mol. The van der Waals surface area contributed by atoms with Crippen molar-refractivity contribution in [1.82, 2.24) is 5.32 Å². The highest BCUT2D eigenvalue weighted by Crippen LogP contribution is 2.25. The van der Waals surface area contributed by atoms with Crippen molar-refractivity contribution in [3.63, 3.8) is 0 Å². The molecule has 2 aromatic rings. The summed E-state index contributed by atoms with van der Waals surface area (Å²) in [6.45, 7) is 2.89. The normalized spacial score (nSPS) is 14.9. The Morgan fingerprint density at radius 3 is 2.35 bits per heavy atom. The molecule has 1 aliphatic rings. The lowest BCUT2D eigenvalue weighted by atomic mass is 10.1. The van der Waals surface area contributed by atoms with Gasteiger partial charge in [0.25, 0.3) is 0 Å². The van der Waals surface area contributed by atoms with Crippen LogP contribution in [0.1, 0.15) is 5.56 Å². The number of benzene rings is 2. The first kappa shape index (κ1) is 13.7. The van der Waals surface area contributed by atoms with Gasteiger partial charge in [-0.1, -0.05) is 41.4 Å². The summed E-state index contributed by atoms with van der Waals surface area (Å²) in [5.74, 6) is 0. The highest BCUT2D eigenvalue weighted by atomic mass is 35.5. The van der Waals surface area contributed by atoms with E-state index in [1.165, 1.54) is 11.3 Å². The van der Waals surface area contributed by atoms with Gasteiger partial charge in [0.1, 0.15) is 0 Å². The zero-order valence-corrected chi connectivity index (χ0v) is 12.5. The highest BCUT2D eigenvalue weighted by molar-refractivity contribution is 6.31. The molecule has 1 fully saturated rings. The second-order valence-corrected chi connectivity index (χ2v) is 5.92. The number of anilines is 1. The van der Waals surface area contributed by atoms with Gasteiger partial charge < -0.3 is 10.2 Å². The van der Waals surface area contributed by atoms with Crippen molar-refractivity contribution in [3.8, 4) is 0 Å². The average molecular weight is 307 g/mol. The number of halogens is 2. The molecule has 0 aliphatic carbocycles. The molecule has 4 heteroatoms. The first-order valence-corrected chi connectivity index (χ1v) is 7.45. The van der Waals surface area contributed by atoms with E-state index in [9.17, 15) is 0 Å². The summed E-state index contributed by atoms with van der Waals surface area (Å²) in [7, 11) is 0. The average Bonchev–Trinajstić information content (AvgIpc) is 2.38. The molecule has 0 saturated carbocycles. The molecule has 1 N–H and O–H groups in total. The van der Waals surface area contributed by atoms with E-state index in [1.54, 1.807) is 0 Å². The van der Waals surface area contributed by atoms with E-state index in [0.717, 1.165) is 29.7 Å². The van der Waals surface area contributed by atoms with Crippen molar-refractivity contribution in [1.29, 1.82) is 0 Å². The maximum absolute atomic E-state index is 6.12. The van der Waals surface area contributed by atoms with Crippen molar-refractivity contribution in [3.05, 3.63) is 64.1 Å². The van der Waals surface area contributed by atoms with Crippen molar-refractivity contribution >= 4 is 28.9 Å². The van der Waals surface area contributed by atoms with Gasteiger partial charge in [-0.05, 0) is 35.9 Å². The summed E-state index contributed by atoms with van der Waals surface area (Å²) in [6, 6.07) is 16.6. The minimum Gasteiger partial charge on any atom is -0.362 e. The summed E-state index contributed by atoms with van der Waals surface area (Å²) in [4.78, 5) is 2.39. The number of rotatable bonds is 4. The molecule has 0 radical (unpaired) electrons. The van der Waals surface area contributed by atoms with E-state index in [4.69, 9.17) is 23.2 Å². The zero-order valence-electron chi connectivity index (χ0n) is 11.0. The highest BCUT2D eigenvalue weighted by Gasteiger charge is 2.25. The van der Waals surface area contributed by atoms with Crippen LogP contribution in [-0.2, 0) is 6.54 Å². The predicted octanol–water partition coefficient (Wildman–Crippen LogP) is 3.97. The summed E-state index contributed by atoms with van der Waals surface area (Å²) in [5.41, 5.74) is 2.42. The number of hydrogen-bond donors (Lipinski definition) is 1. The molecule has 0 aromatic heterocycles. The quantitative estimate of drug-likeness (QED) is 0.919.